The third kappa shape index (κ3) is 5.30. The third-order valence-corrected chi connectivity index (χ3v) is 10.9. The van der Waals surface area contributed by atoms with Gasteiger partial charge in [-0.3, -0.25) is 0 Å². The summed E-state index contributed by atoms with van der Waals surface area (Å²) in [6.45, 7) is 0. The molecular formula is C51H33N3O. The maximum atomic E-state index is 6.50. The SMILES string of the molecule is c1ccc(C2=NC(c3cccc(-c4ccc5oc6cccc(-c7ccc8c9ccccc9c9ccccc9c8c7)c6c5c4)c3)=NC(c3ccccc3)N2)cc1. The minimum atomic E-state index is -0.258. The van der Waals surface area contributed by atoms with Crippen LogP contribution in [0.2, 0.25) is 0 Å². The van der Waals surface area contributed by atoms with Gasteiger partial charge in [-0.15, -0.1) is 0 Å². The summed E-state index contributed by atoms with van der Waals surface area (Å²) in [6.07, 6.45) is -0.258. The Hall–Kier alpha value is -7.30. The molecule has 1 aliphatic rings. The Balaban J connectivity index is 1.04. The largest absolute Gasteiger partial charge is 0.456 e. The molecule has 0 bridgehead atoms. The van der Waals surface area contributed by atoms with E-state index in [1.54, 1.807) is 0 Å². The molecule has 0 amide bonds. The van der Waals surface area contributed by atoms with Gasteiger partial charge in [0.15, 0.2) is 5.84 Å². The van der Waals surface area contributed by atoms with Gasteiger partial charge in [0.2, 0.25) is 0 Å². The summed E-state index contributed by atoms with van der Waals surface area (Å²) in [7, 11) is 0. The van der Waals surface area contributed by atoms with Crippen LogP contribution in [0.5, 0.6) is 0 Å². The number of hydrogen-bond acceptors (Lipinski definition) is 4. The molecule has 0 radical (unpaired) electrons. The molecule has 4 heteroatoms. The van der Waals surface area contributed by atoms with E-state index in [2.05, 4.69) is 157 Å². The van der Waals surface area contributed by atoms with Crippen LogP contribution in [0.4, 0.5) is 0 Å². The van der Waals surface area contributed by atoms with Gasteiger partial charge in [0.25, 0.3) is 0 Å². The molecule has 4 nitrogen and oxygen atoms in total. The summed E-state index contributed by atoms with van der Waals surface area (Å²) in [4.78, 5) is 10.2. The van der Waals surface area contributed by atoms with Gasteiger partial charge in [-0.05, 0) is 90.5 Å². The average molecular weight is 704 g/mol. The summed E-state index contributed by atoms with van der Waals surface area (Å²) < 4.78 is 6.50. The highest BCUT2D eigenvalue weighted by molar-refractivity contribution is 6.26. The number of hydrogen-bond donors (Lipinski definition) is 1. The lowest BCUT2D eigenvalue weighted by molar-refractivity contribution is 0.669. The monoisotopic (exact) mass is 703 g/mol. The van der Waals surface area contributed by atoms with Crippen LogP contribution in [0.25, 0.3) is 76.5 Å². The van der Waals surface area contributed by atoms with Crippen molar-refractivity contribution in [2.45, 2.75) is 6.17 Å². The second-order valence-electron chi connectivity index (χ2n) is 14.2. The molecule has 10 aromatic rings. The summed E-state index contributed by atoms with van der Waals surface area (Å²) >= 11 is 0. The summed E-state index contributed by atoms with van der Waals surface area (Å²) in [6, 6.07) is 66.4. The van der Waals surface area contributed by atoms with Gasteiger partial charge < -0.3 is 9.73 Å². The molecule has 0 aliphatic carbocycles. The summed E-state index contributed by atoms with van der Waals surface area (Å²) in [5.74, 6) is 1.50. The van der Waals surface area contributed by atoms with Crippen molar-refractivity contribution in [2.24, 2.45) is 9.98 Å². The lowest BCUT2D eigenvalue weighted by Crippen LogP contribution is -2.33. The topological polar surface area (TPSA) is 49.9 Å². The first kappa shape index (κ1) is 31.2. The lowest BCUT2D eigenvalue weighted by atomic mass is 9.91. The van der Waals surface area contributed by atoms with E-state index in [0.29, 0.717) is 5.84 Å². The Kier molecular flexibility index (Phi) is 7.20. The molecule has 55 heavy (non-hydrogen) atoms. The summed E-state index contributed by atoms with van der Waals surface area (Å²) in [5.41, 5.74) is 9.31. The molecule has 258 valence electrons. The fourth-order valence-corrected chi connectivity index (χ4v) is 8.29. The number of furan rings is 1. The van der Waals surface area contributed by atoms with Crippen molar-refractivity contribution in [1.29, 1.82) is 0 Å². The van der Waals surface area contributed by atoms with Crippen molar-refractivity contribution < 1.29 is 4.42 Å². The van der Waals surface area contributed by atoms with Crippen LogP contribution in [0.1, 0.15) is 22.9 Å². The fraction of sp³-hybridized carbons (Fsp3) is 0.0196. The predicted octanol–water partition coefficient (Wildman–Crippen LogP) is 12.9. The highest BCUT2D eigenvalue weighted by Gasteiger charge is 2.21. The van der Waals surface area contributed by atoms with Gasteiger partial charge >= 0.3 is 0 Å². The molecule has 2 heterocycles. The van der Waals surface area contributed by atoms with E-state index in [-0.39, 0.29) is 6.17 Å². The molecular weight excluding hydrogens is 671 g/mol. The molecule has 0 saturated heterocycles. The van der Waals surface area contributed by atoms with E-state index in [0.717, 1.165) is 66.7 Å². The Labute approximate surface area is 317 Å². The first-order valence-corrected chi connectivity index (χ1v) is 18.7. The normalized spacial score (nSPS) is 14.4. The number of nitrogens with one attached hydrogen (secondary N) is 1. The zero-order valence-corrected chi connectivity index (χ0v) is 29.8. The van der Waals surface area contributed by atoms with Crippen LogP contribution in [0, 0.1) is 0 Å². The molecule has 0 fully saturated rings. The van der Waals surface area contributed by atoms with E-state index in [4.69, 9.17) is 14.4 Å². The Morgan fingerprint density at radius 2 is 0.982 bits per heavy atom. The molecule has 1 unspecified atom stereocenters. The zero-order valence-electron chi connectivity index (χ0n) is 29.8. The van der Waals surface area contributed by atoms with Gasteiger partial charge in [-0.2, -0.15) is 0 Å². The lowest BCUT2D eigenvalue weighted by Gasteiger charge is -2.23. The first-order chi connectivity index (χ1) is 27.2. The van der Waals surface area contributed by atoms with Crippen LogP contribution < -0.4 is 5.32 Å². The number of rotatable bonds is 5. The number of amidine groups is 2. The molecule has 1 aliphatic heterocycles. The Bertz CT molecular complexity index is 3140. The predicted molar refractivity (Wildman–Crippen MR) is 229 cm³/mol. The molecule has 0 saturated carbocycles. The van der Waals surface area contributed by atoms with Gasteiger partial charge in [-0.25, -0.2) is 9.98 Å². The van der Waals surface area contributed by atoms with Gasteiger partial charge in [0.05, 0.1) is 0 Å². The molecule has 11 rings (SSSR count). The van der Waals surface area contributed by atoms with E-state index < -0.39 is 0 Å². The quantitative estimate of drug-likeness (QED) is 0.181. The highest BCUT2D eigenvalue weighted by atomic mass is 16.3. The number of aliphatic imine (C=N–C) groups is 2. The minimum absolute atomic E-state index is 0.258. The van der Waals surface area contributed by atoms with E-state index in [1.165, 1.54) is 32.3 Å². The van der Waals surface area contributed by atoms with Crippen LogP contribution in [0.3, 0.4) is 0 Å². The average Bonchev–Trinajstić information content (AvgIpc) is 3.65. The van der Waals surface area contributed by atoms with Gasteiger partial charge in [0.1, 0.15) is 23.2 Å². The second-order valence-corrected chi connectivity index (χ2v) is 14.2. The van der Waals surface area contributed by atoms with Crippen molar-refractivity contribution >= 4 is 65.9 Å². The van der Waals surface area contributed by atoms with Gasteiger partial charge in [0, 0.05) is 21.9 Å². The highest BCUT2D eigenvalue weighted by Crippen LogP contribution is 2.42. The maximum absolute atomic E-state index is 6.50. The van der Waals surface area contributed by atoms with Crippen molar-refractivity contribution in [1.82, 2.24) is 5.32 Å². The van der Waals surface area contributed by atoms with Crippen molar-refractivity contribution in [2.75, 3.05) is 0 Å². The van der Waals surface area contributed by atoms with E-state index in [1.807, 2.05) is 36.4 Å². The van der Waals surface area contributed by atoms with Crippen molar-refractivity contribution in [3.63, 3.8) is 0 Å². The smallest absolute Gasteiger partial charge is 0.159 e. The van der Waals surface area contributed by atoms with Crippen LogP contribution in [-0.4, -0.2) is 11.7 Å². The molecule has 0 spiro atoms. The molecule has 1 aromatic heterocycles. The Morgan fingerprint density at radius 3 is 1.75 bits per heavy atom. The number of nitrogens with zero attached hydrogens (tertiary/aromatic N) is 2. The third-order valence-electron chi connectivity index (χ3n) is 10.9. The summed E-state index contributed by atoms with van der Waals surface area (Å²) in [5, 5.41) is 13.4. The van der Waals surface area contributed by atoms with Gasteiger partial charge in [-0.1, -0.05) is 158 Å². The Morgan fingerprint density at radius 1 is 0.400 bits per heavy atom. The first-order valence-electron chi connectivity index (χ1n) is 18.7. The molecule has 1 N–H and O–H groups in total. The number of benzene rings is 9. The zero-order chi connectivity index (χ0) is 36.3. The fourth-order valence-electron chi connectivity index (χ4n) is 8.29. The van der Waals surface area contributed by atoms with Crippen molar-refractivity contribution in [3.05, 3.63) is 205 Å². The van der Waals surface area contributed by atoms with Crippen LogP contribution >= 0.6 is 0 Å². The van der Waals surface area contributed by atoms with E-state index in [9.17, 15) is 0 Å². The maximum Gasteiger partial charge on any atom is 0.159 e. The standard InChI is InChI=1S/C51H33N3O/c1-3-13-32(14-4-1)49-52-50(33-15-5-2-6-16-33)54-51(53-49)37-18-11-17-34(29-37)35-26-28-46-45(30-35)48-38(23-12-24-47(48)55-46)36-25-27-43-41-21-8-7-19-39(41)40-20-9-10-22-42(40)44(43)31-36/h1-31,49H,(H,52,53,54). The second kappa shape index (κ2) is 12.7. The minimum Gasteiger partial charge on any atom is -0.456 e. The molecule has 1 atom stereocenters. The van der Waals surface area contributed by atoms with Crippen LogP contribution in [0.15, 0.2) is 202 Å². The van der Waals surface area contributed by atoms with Crippen LogP contribution in [-0.2, 0) is 0 Å². The van der Waals surface area contributed by atoms with E-state index >= 15 is 0 Å². The molecule has 9 aromatic carbocycles. The number of fused-ring (bicyclic) bond motifs is 9. The van der Waals surface area contributed by atoms with Crippen molar-refractivity contribution in [3.8, 4) is 22.3 Å².